The number of hydrogen-bond donors (Lipinski definition) is 2. The van der Waals surface area contributed by atoms with E-state index < -0.39 is 10.0 Å². The highest BCUT2D eigenvalue weighted by Crippen LogP contribution is 2.21. The van der Waals surface area contributed by atoms with Crippen molar-refractivity contribution in [3.05, 3.63) is 34.4 Å². The lowest BCUT2D eigenvalue weighted by atomic mass is 10.4. The van der Waals surface area contributed by atoms with Crippen LogP contribution in [0, 0.1) is 6.92 Å². The molecule has 2 aromatic rings. The fraction of sp³-hybridized carbons (Fsp3) is 0.385. The summed E-state index contributed by atoms with van der Waals surface area (Å²) in [5.41, 5.74) is 0. The van der Waals surface area contributed by atoms with Crippen LogP contribution in [0.1, 0.15) is 29.8 Å². The van der Waals surface area contributed by atoms with Crippen LogP contribution in [-0.4, -0.2) is 24.9 Å². The zero-order valence-electron chi connectivity index (χ0n) is 12.1. The monoisotopic (exact) mass is 326 g/mol. The summed E-state index contributed by atoms with van der Waals surface area (Å²) in [4.78, 5) is 9.52. The van der Waals surface area contributed by atoms with Crippen LogP contribution in [0.4, 0.5) is 5.82 Å². The number of pyridine rings is 1. The fourth-order valence-electron chi connectivity index (χ4n) is 1.78. The van der Waals surface area contributed by atoms with Crippen LogP contribution in [0.3, 0.4) is 0 Å². The maximum Gasteiger partial charge on any atom is 0.241 e. The van der Waals surface area contributed by atoms with E-state index in [1.165, 1.54) is 29.7 Å². The largest absolute Gasteiger partial charge is 0.370 e. The Bertz CT molecular complexity index is 712. The van der Waals surface area contributed by atoms with Gasteiger partial charge in [0, 0.05) is 29.9 Å². The molecular weight excluding hydrogens is 308 g/mol. The number of aromatic nitrogens is 2. The predicted molar refractivity (Wildman–Crippen MR) is 84.0 cm³/mol. The highest BCUT2D eigenvalue weighted by Gasteiger charge is 2.20. The smallest absolute Gasteiger partial charge is 0.241 e. The van der Waals surface area contributed by atoms with Gasteiger partial charge in [0.2, 0.25) is 10.0 Å². The summed E-state index contributed by atoms with van der Waals surface area (Å²) < 4.78 is 27.4. The predicted octanol–water partition coefficient (Wildman–Crippen LogP) is 2.32. The summed E-state index contributed by atoms with van der Waals surface area (Å²) >= 11 is 1.48. The molecule has 21 heavy (non-hydrogen) atoms. The Hall–Kier alpha value is -1.51. The van der Waals surface area contributed by atoms with Gasteiger partial charge in [0.05, 0.1) is 10.9 Å². The number of rotatable bonds is 6. The van der Waals surface area contributed by atoms with Gasteiger partial charge in [0.25, 0.3) is 0 Å². The average Bonchev–Trinajstić information content (AvgIpc) is 2.86. The zero-order chi connectivity index (χ0) is 15.5. The van der Waals surface area contributed by atoms with Gasteiger partial charge in [-0.05, 0) is 26.8 Å². The molecule has 0 aliphatic heterocycles. The quantitative estimate of drug-likeness (QED) is 0.851. The van der Waals surface area contributed by atoms with Gasteiger partial charge in [-0.2, -0.15) is 0 Å². The fourth-order valence-corrected chi connectivity index (χ4v) is 3.85. The first-order valence-electron chi connectivity index (χ1n) is 6.57. The van der Waals surface area contributed by atoms with Crippen molar-refractivity contribution < 1.29 is 8.42 Å². The van der Waals surface area contributed by atoms with Crippen molar-refractivity contribution in [2.45, 2.75) is 31.7 Å². The first-order chi connectivity index (χ1) is 9.92. The summed E-state index contributed by atoms with van der Waals surface area (Å²) in [6.45, 7) is 6.32. The molecule has 2 rings (SSSR count). The standard InChI is InChI=1S/C13H18N4O2S2/c1-4-14-12-7-11(5-6-15-12)21(18,19)17-10(3)13-16-8-9(2)20-13/h5-8,10,17H,4H2,1-3H3,(H,14,15). The lowest BCUT2D eigenvalue weighted by Crippen LogP contribution is -2.27. The molecule has 0 aromatic carbocycles. The van der Waals surface area contributed by atoms with Crippen LogP contribution in [0.2, 0.25) is 0 Å². The molecule has 2 N–H and O–H groups in total. The molecule has 2 heterocycles. The molecule has 0 fully saturated rings. The van der Waals surface area contributed by atoms with Gasteiger partial charge >= 0.3 is 0 Å². The normalized spacial score (nSPS) is 13.1. The Morgan fingerprint density at radius 1 is 1.38 bits per heavy atom. The van der Waals surface area contributed by atoms with E-state index in [9.17, 15) is 8.42 Å². The third-order valence-electron chi connectivity index (χ3n) is 2.74. The van der Waals surface area contributed by atoms with Crippen LogP contribution < -0.4 is 10.0 Å². The molecular formula is C13H18N4O2S2. The summed E-state index contributed by atoms with van der Waals surface area (Å²) in [5.74, 6) is 0.540. The van der Waals surface area contributed by atoms with E-state index in [4.69, 9.17) is 0 Å². The van der Waals surface area contributed by atoms with Crippen molar-refractivity contribution in [3.63, 3.8) is 0 Å². The number of sulfonamides is 1. The molecule has 0 bridgehead atoms. The van der Waals surface area contributed by atoms with Crippen LogP contribution in [0.25, 0.3) is 0 Å². The number of aryl methyl sites for hydroxylation is 1. The SMILES string of the molecule is CCNc1cc(S(=O)(=O)NC(C)c2ncc(C)s2)ccn1. The van der Waals surface area contributed by atoms with Gasteiger partial charge in [0.15, 0.2) is 0 Å². The van der Waals surface area contributed by atoms with E-state index in [1.54, 1.807) is 13.1 Å². The minimum atomic E-state index is -3.60. The van der Waals surface area contributed by atoms with Crippen LogP contribution in [0.5, 0.6) is 0 Å². The average molecular weight is 326 g/mol. The van der Waals surface area contributed by atoms with Crippen LogP contribution in [-0.2, 0) is 10.0 Å². The molecule has 8 heteroatoms. The molecule has 0 amide bonds. The van der Waals surface area contributed by atoms with Crippen LogP contribution in [0.15, 0.2) is 29.4 Å². The van der Waals surface area contributed by atoms with E-state index >= 15 is 0 Å². The number of anilines is 1. The number of nitrogens with one attached hydrogen (secondary N) is 2. The van der Waals surface area contributed by atoms with Crippen molar-refractivity contribution >= 4 is 27.2 Å². The maximum absolute atomic E-state index is 12.4. The molecule has 1 unspecified atom stereocenters. The molecule has 0 saturated heterocycles. The number of thiazole rings is 1. The highest BCUT2D eigenvalue weighted by molar-refractivity contribution is 7.89. The van der Waals surface area contributed by atoms with E-state index in [2.05, 4.69) is 20.0 Å². The Morgan fingerprint density at radius 3 is 2.76 bits per heavy atom. The lowest BCUT2D eigenvalue weighted by Gasteiger charge is -2.12. The van der Waals surface area contributed by atoms with Crippen molar-refractivity contribution in [2.75, 3.05) is 11.9 Å². The van der Waals surface area contributed by atoms with Gasteiger partial charge in [-0.3, -0.25) is 0 Å². The second-order valence-corrected chi connectivity index (χ2v) is 7.54. The van der Waals surface area contributed by atoms with E-state index in [-0.39, 0.29) is 10.9 Å². The number of nitrogens with zero attached hydrogens (tertiary/aromatic N) is 2. The minimum absolute atomic E-state index is 0.188. The molecule has 0 aliphatic rings. The molecule has 6 nitrogen and oxygen atoms in total. The van der Waals surface area contributed by atoms with Crippen molar-refractivity contribution in [1.82, 2.24) is 14.7 Å². The minimum Gasteiger partial charge on any atom is -0.370 e. The van der Waals surface area contributed by atoms with Gasteiger partial charge in [-0.25, -0.2) is 23.1 Å². The Balaban J connectivity index is 2.19. The molecule has 114 valence electrons. The second kappa shape index (κ2) is 6.50. The van der Waals surface area contributed by atoms with Gasteiger partial charge in [-0.15, -0.1) is 11.3 Å². The van der Waals surface area contributed by atoms with Crippen molar-refractivity contribution in [1.29, 1.82) is 0 Å². The van der Waals surface area contributed by atoms with Crippen molar-refractivity contribution in [2.24, 2.45) is 0 Å². The lowest BCUT2D eigenvalue weighted by molar-refractivity contribution is 0.566. The van der Waals surface area contributed by atoms with Gasteiger partial charge < -0.3 is 5.32 Å². The molecule has 0 spiro atoms. The second-order valence-electron chi connectivity index (χ2n) is 4.56. The molecule has 0 radical (unpaired) electrons. The van der Waals surface area contributed by atoms with E-state index in [0.717, 1.165) is 9.88 Å². The van der Waals surface area contributed by atoms with Gasteiger partial charge in [0.1, 0.15) is 10.8 Å². The van der Waals surface area contributed by atoms with Crippen molar-refractivity contribution in [3.8, 4) is 0 Å². The molecule has 0 saturated carbocycles. The maximum atomic E-state index is 12.4. The van der Waals surface area contributed by atoms with Crippen LogP contribution >= 0.6 is 11.3 Å². The third kappa shape index (κ3) is 3.99. The molecule has 2 aromatic heterocycles. The van der Waals surface area contributed by atoms with E-state index in [1.807, 2.05) is 13.8 Å². The summed E-state index contributed by atoms with van der Waals surface area (Å²) in [6, 6.07) is 2.62. The highest BCUT2D eigenvalue weighted by atomic mass is 32.2. The first-order valence-corrected chi connectivity index (χ1v) is 8.87. The molecule has 1 atom stereocenters. The zero-order valence-corrected chi connectivity index (χ0v) is 13.8. The van der Waals surface area contributed by atoms with Gasteiger partial charge in [-0.1, -0.05) is 0 Å². The summed E-state index contributed by atoms with van der Waals surface area (Å²) in [5, 5.41) is 3.74. The Morgan fingerprint density at radius 2 is 2.14 bits per heavy atom. The summed E-state index contributed by atoms with van der Waals surface area (Å²) in [6.07, 6.45) is 3.21. The summed E-state index contributed by atoms with van der Waals surface area (Å²) in [7, 11) is -3.60. The Labute approximate surface area is 128 Å². The Kier molecular flexibility index (Phi) is 4.92. The van der Waals surface area contributed by atoms with E-state index in [0.29, 0.717) is 12.4 Å². The topological polar surface area (TPSA) is 84.0 Å². The number of hydrogen-bond acceptors (Lipinski definition) is 6. The third-order valence-corrected chi connectivity index (χ3v) is 5.37. The first kappa shape index (κ1) is 15.9. The molecule has 0 aliphatic carbocycles.